The van der Waals surface area contributed by atoms with Crippen molar-refractivity contribution in [3.05, 3.63) is 18.3 Å². The Morgan fingerprint density at radius 1 is 1.53 bits per heavy atom. The van der Waals surface area contributed by atoms with Gasteiger partial charge < -0.3 is 9.80 Å². The number of pyridine rings is 1. The van der Waals surface area contributed by atoms with E-state index in [0.717, 1.165) is 19.5 Å². The number of sulfone groups is 1. The molecule has 0 aliphatic carbocycles. The molecule has 1 aliphatic rings. The minimum absolute atomic E-state index is 0.304. The predicted octanol–water partition coefficient (Wildman–Crippen LogP) is 1.02. The van der Waals surface area contributed by atoms with Crippen LogP contribution in [0.3, 0.4) is 0 Å². The molecule has 0 amide bonds. The van der Waals surface area contributed by atoms with Crippen LogP contribution in [0.1, 0.15) is 12.8 Å². The minimum Gasteiger partial charge on any atom is -0.357 e. The van der Waals surface area contributed by atoms with E-state index in [1.165, 1.54) is 12.7 Å². The molecule has 0 N–H and O–H groups in total. The van der Waals surface area contributed by atoms with Crippen LogP contribution in [0.15, 0.2) is 23.2 Å². The summed E-state index contributed by atoms with van der Waals surface area (Å²) in [5.74, 6) is 0.547. The topological polar surface area (TPSA) is 53.5 Å². The molecule has 2 rings (SSSR count). The van der Waals surface area contributed by atoms with E-state index < -0.39 is 9.84 Å². The van der Waals surface area contributed by atoms with E-state index in [0.29, 0.717) is 16.8 Å². The van der Waals surface area contributed by atoms with Gasteiger partial charge >= 0.3 is 0 Å². The summed E-state index contributed by atoms with van der Waals surface area (Å²) in [5, 5.41) is 0. The Kier molecular flexibility index (Phi) is 4.10. The standard InChI is InChI=1S/C13H21N3O2S/c1-15-9-5-6-11(15)10-16(2)13-12(19(3,17)18)7-4-8-14-13/h4,7-8,11H,5-6,9-10H2,1-3H3. The van der Waals surface area contributed by atoms with Crippen LogP contribution in [-0.4, -0.2) is 57.8 Å². The molecule has 6 heteroatoms. The molecule has 1 aromatic heterocycles. The number of aromatic nitrogens is 1. The molecule has 19 heavy (non-hydrogen) atoms. The number of hydrogen-bond donors (Lipinski definition) is 0. The molecule has 0 radical (unpaired) electrons. The van der Waals surface area contributed by atoms with Crippen molar-refractivity contribution in [3.8, 4) is 0 Å². The Bertz CT molecular complexity index is 545. The Labute approximate surface area is 115 Å². The van der Waals surface area contributed by atoms with Gasteiger partial charge in [-0.25, -0.2) is 13.4 Å². The zero-order valence-electron chi connectivity index (χ0n) is 11.7. The van der Waals surface area contributed by atoms with Crippen molar-refractivity contribution in [3.63, 3.8) is 0 Å². The van der Waals surface area contributed by atoms with Crippen LogP contribution >= 0.6 is 0 Å². The fourth-order valence-electron chi connectivity index (χ4n) is 2.57. The first-order valence-corrected chi connectivity index (χ1v) is 8.35. The van der Waals surface area contributed by atoms with Gasteiger partial charge in [-0.3, -0.25) is 0 Å². The van der Waals surface area contributed by atoms with Crippen molar-refractivity contribution in [1.82, 2.24) is 9.88 Å². The summed E-state index contributed by atoms with van der Waals surface area (Å²) in [6.07, 6.45) is 5.22. The minimum atomic E-state index is -3.24. The van der Waals surface area contributed by atoms with Gasteiger partial charge in [0.2, 0.25) is 0 Å². The Morgan fingerprint density at radius 3 is 2.84 bits per heavy atom. The highest BCUT2D eigenvalue weighted by Gasteiger charge is 2.24. The normalized spacial score (nSPS) is 20.7. The monoisotopic (exact) mass is 283 g/mol. The van der Waals surface area contributed by atoms with Gasteiger partial charge in [0.1, 0.15) is 10.7 Å². The second-order valence-electron chi connectivity index (χ2n) is 5.25. The smallest absolute Gasteiger partial charge is 0.179 e. The molecular weight excluding hydrogens is 262 g/mol. The number of nitrogens with zero attached hydrogens (tertiary/aromatic N) is 3. The molecule has 1 unspecified atom stereocenters. The van der Waals surface area contributed by atoms with Gasteiger partial charge in [0.15, 0.2) is 9.84 Å². The van der Waals surface area contributed by atoms with E-state index in [1.54, 1.807) is 18.3 Å². The molecular formula is C13H21N3O2S. The summed E-state index contributed by atoms with van der Waals surface area (Å²) >= 11 is 0. The van der Waals surface area contributed by atoms with Crippen molar-refractivity contribution in [2.75, 3.05) is 38.3 Å². The first-order valence-electron chi connectivity index (χ1n) is 6.46. The van der Waals surface area contributed by atoms with Gasteiger partial charge in [-0.05, 0) is 38.6 Å². The molecule has 2 heterocycles. The number of rotatable bonds is 4. The molecule has 5 nitrogen and oxygen atoms in total. The lowest BCUT2D eigenvalue weighted by Gasteiger charge is -2.27. The maximum absolute atomic E-state index is 11.8. The predicted molar refractivity (Wildman–Crippen MR) is 76.3 cm³/mol. The SMILES string of the molecule is CN(CC1CCCN1C)c1ncccc1S(C)(=O)=O. The third-order valence-electron chi connectivity index (χ3n) is 3.67. The first kappa shape index (κ1) is 14.3. The Hall–Kier alpha value is -1.14. The molecule has 0 saturated carbocycles. The zero-order chi connectivity index (χ0) is 14.0. The number of anilines is 1. The van der Waals surface area contributed by atoms with Gasteiger partial charge in [0.25, 0.3) is 0 Å². The van der Waals surface area contributed by atoms with Crippen LogP contribution in [0.5, 0.6) is 0 Å². The van der Waals surface area contributed by atoms with Crippen molar-refractivity contribution >= 4 is 15.7 Å². The van der Waals surface area contributed by atoms with Crippen LogP contribution in [0, 0.1) is 0 Å². The van der Waals surface area contributed by atoms with Crippen molar-refractivity contribution in [2.24, 2.45) is 0 Å². The fraction of sp³-hybridized carbons (Fsp3) is 0.615. The number of likely N-dealkylation sites (tertiary alicyclic amines) is 1. The lowest BCUT2D eigenvalue weighted by atomic mass is 10.2. The molecule has 1 aromatic rings. The summed E-state index contributed by atoms with van der Waals surface area (Å²) in [7, 11) is 0.775. The summed E-state index contributed by atoms with van der Waals surface area (Å²) in [4.78, 5) is 8.81. The van der Waals surface area contributed by atoms with E-state index in [-0.39, 0.29) is 0 Å². The Balaban J connectivity index is 2.22. The lowest BCUT2D eigenvalue weighted by Crippen LogP contribution is -2.37. The summed E-state index contributed by atoms with van der Waals surface area (Å²) in [5.41, 5.74) is 0. The van der Waals surface area contributed by atoms with Gasteiger partial charge in [-0.15, -0.1) is 0 Å². The summed E-state index contributed by atoms with van der Waals surface area (Å²) < 4.78 is 23.6. The fourth-order valence-corrected chi connectivity index (χ4v) is 3.44. The lowest BCUT2D eigenvalue weighted by molar-refractivity contribution is 0.313. The van der Waals surface area contributed by atoms with Gasteiger partial charge in [-0.2, -0.15) is 0 Å². The molecule has 0 aromatic carbocycles. The van der Waals surface area contributed by atoms with Crippen molar-refractivity contribution in [2.45, 2.75) is 23.8 Å². The quantitative estimate of drug-likeness (QED) is 0.825. The number of hydrogen-bond acceptors (Lipinski definition) is 5. The largest absolute Gasteiger partial charge is 0.357 e. The average molecular weight is 283 g/mol. The first-order chi connectivity index (χ1) is 8.89. The summed E-state index contributed by atoms with van der Waals surface area (Å²) in [6, 6.07) is 3.75. The molecule has 0 bridgehead atoms. The second-order valence-corrected chi connectivity index (χ2v) is 7.24. The van der Waals surface area contributed by atoms with E-state index >= 15 is 0 Å². The number of likely N-dealkylation sites (N-methyl/N-ethyl adjacent to an activating group) is 2. The average Bonchev–Trinajstić information content (AvgIpc) is 2.74. The van der Waals surface area contributed by atoms with E-state index in [9.17, 15) is 8.42 Å². The van der Waals surface area contributed by atoms with Crippen molar-refractivity contribution in [1.29, 1.82) is 0 Å². The molecule has 1 aliphatic heterocycles. The molecule has 1 atom stereocenters. The van der Waals surface area contributed by atoms with Gasteiger partial charge in [0, 0.05) is 32.1 Å². The highest BCUT2D eigenvalue weighted by molar-refractivity contribution is 7.90. The van der Waals surface area contributed by atoms with E-state index in [1.807, 2.05) is 11.9 Å². The van der Waals surface area contributed by atoms with Crippen LogP contribution in [0.4, 0.5) is 5.82 Å². The summed E-state index contributed by atoms with van der Waals surface area (Å²) in [6.45, 7) is 1.91. The molecule has 1 fully saturated rings. The zero-order valence-corrected chi connectivity index (χ0v) is 12.5. The van der Waals surface area contributed by atoms with E-state index in [2.05, 4.69) is 16.9 Å². The van der Waals surface area contributed by atoms with Gasteiger partial charge in [-0.1, -0.05) is 0 Å². The molecule has 106 valence electrons. The highest BCUT2D eigenvalue weighted by Crippen LogP contribution is 2.23. The Morgan fingerprint density at radius 2 is 2.26 bits per heavy atom. The third-order valence-corrected chi connectivity index (χ3v) is 4.79. The van der Waals surface area contributed by atoms with Crippen molar-refractivity contribution < 1.29 is 8.42 Å². The van der Waals surface area contributed by atoms with Crippen LogP contribution in [0.25, 0.3) is 0 Å². The highest BCUT2D eigenvalue weighted by atomic mass is 32.2. The third kappa shape index (κ3) is 3.25. The molecule has 0 spiro atoms. The maximum atomic E-state index is 11.8. The second kappa shape index (κ2) is 5.46. The van der Waals surface area contributed by atoms with Crippen LogP contribution in [-0.2, 0) is 9.84 Å². The van der Waals surface area contributed by atoms with E-state index in [4.69, 9.17) is 0 Å². The maximum Gasteiger partial charge on any atom is 0.179 e. The van der Waals surface area contributed by atoms with Gasteiger partial charge in [0.05, 0.1) is 0 Å². The molecule has 1 saturated heterocycles. The van der Waals surface area contributed by atoms with Crippen LogP contribution in [0.2, 0.25) is 0 Å². The van der Waals surface area contributed by atoms with Crippen LogP contribution < -0.4 is 4.90 Å².